The zero-order valence-electron chi connectivity index (χ0n) is 8.67. The highest BCUT2D eigenvalue weighted by atomic mass is 32.2. The topological polar surface area (TPSA) is 38.3 Å². The molecule has 0 fully saturated rings. The van der Waals surface area contributed by atoms with E-state index in [1.54, 1.807) is 0 Å². The van der Waals surface area contributed by atoms with Gasteiger partial charge in [0.1, 0.15) is 0 Å². The van der Waals surface area contributed by atoms with Gasteiger partial charge in [0.15, 0.2) is 0 Å². The van der Waals surface area contributed by atoms with Crippen molar-refractivity contribution in [1.82, 2.24) is 5.32 Å². The Labute approximate surface area is 83.7 Å². The summed E-state index contributed by atoms with van der Waals surface area (Å²) in [6, 6.07) is 0. The highest BCUT2D eigenvalue weighted by Gasteiger charge is 1.94. The minimum absolute atomic E-state index is 0.630. The van der Waals surface area contributed by atoms with E-state index >= 15 is 0 Å². The average molecular weight is 207 g/mol. The molecule has 0 aliphatic rings. The predicted octanol–water partition coefficient (Wildman–Crippen LogP) is 0.771. The first-order valence-corrected chi connectivity index (χ1v) is 6.43. The van der Waals surface area contributed by atoms with E-state index in [1.807, 2.05) is 13.8 Å². The highest BCUT2D eigenvalue weighted by molar-refractivity contribution is 7.84. The third-order valence-corrected chi connectivity index (χ3v) is 2.98. The Morgan fingerprint density at radius 3 is 2.69 bits per heavy atom. The Morgan fingerprint density at radius 2 is 2.08 bits per heavy atom. The van der Waals surface area contributed by atoms with Crippen LogP contribution in [0.1, 0.15) is 20.3 Å². The van der Waals surface area contributed by atoms with Gasteiger partial charge in [-0.05, 0) is 19.9 Å². The number of hydrogen-bond donors (Lipinski definition) is 1. The first-order chi connectivity index (χ1) is 6.31. The zero-order valence-corrected chi connectivity index (χ0v) is 9.49. The first-order valence-electron chi connectivity index (χ1n) is 4.94. The minimum atomic E-state index is -0.630. The predicted molar refractivity (Wildman–Crippen MR) is 57.5 cm³/mol. The quantitative estimate of drug-likeness (QED) is 0.568. The van der Waals surface area contributed by atoms with Crippen molar-refractivity contribution in [2.24, 2.45) is 0 Å². The Balaban J connectivity index is 2.95. The van der Waals surface area contributed by atoms with E-state index in [0.29, 0.717) is 0 Å². The van der Waals surface area contributed by atoms with Crippen molar-refractivity contribution in [1.29, 1.82) is 0 Å². The van der Waals surface area contributed by atoms with Crippen molar-refractivity contribution < 1.29 is 8.95 Å². The van der Waals surface area contributed by atoms with Crippen molar-refractivity contribution in [3.63, 3.8) is 0 Å². The molecule has 0 aromatic carbocycles. The molecule has 0 saturated heterocycles. The van der Waals surface area contributed by atoms with Crippen LogP contribution in [0.3, 0.4) is 0 Å². The van der Waals surface area contributed by atoms with Crippen LogP contribution in [0.2, 0.25) is 0 Å². The summed E-state index contributed by atoms with van der Waals surface area (Å²) in [5.74, 6) is 1.53. The summed E-state index contributed by atoms with van der Waals surface area (Å²) in [4.78, 5) is 0. The third kappa shape index (κ3) is 9.99. The lowest BCUT2D eigenvalue weighted by Crippen LogP contribution is -2.22. The van der Waals surface area contributed by atoms with Gasteiger partial charge in [-0.25, -0.2) is 0 Å². The summed E-state index contributed by atoms with van der Waals surface area (Å²) in [5, 5.41) is 3.24. The second kappa shape index (κ2) is 10.2. The molecule has 0 saturated carbocycles. The molecule has 13 heavy (non-hydrogen) atoms. The average Bonchev–Trinajstić information content (AvgIpc) is 2.16. The Kier molecular flexibility index (Phi) is 10.2. The molecule has 3 nitrogen and oxygen atoms in total. The summed E-state index contributed by atoms with van der Waals surface area (Å²) in [7, 11) is -0.630. The van der Waals surface area contributed by atoms with E-state index in [4.69, 9.17) is 4.74 Å². The van der Waals surface area contributed by atoms with E-state index in [0.717, 1.165) is 44.2 Å². The van der Waals surface area contributed by atoms with Crippen LogP contribution >= 0.6 is 0 Å². The van der Waals surface area contributed by atoms with Crippen LogP contribution in [0.5, 0.6) is 0 Å². The van der Waals surface area contributed by atoms with Gasteiger partial charge in [-0.3, -0.25) is 4.21 Å². The Morgan fingerprint density at radius 1 is 1.31 bits per heavy atom. The molecule has 0 spiro atoms. The fourth-order valence-electron chi connectivity index (χ4n) is 0.899. The number of rotatable bonds is 9. The van der Waals surface area contributed by atoms with Gasteiger partial charge in [0, 0.05) is 42.1 Å². The molecule has 0 bridgehead atoms. The van der Waals surface area contributed by atoms with Crippen LogP contribution in [0, 0.1) is 0 Å². The highest BCUT2D eigenvalue weighted by Crippen LogP contribution is 1.82. The van der Waals surface area contributed by atoms with Gasteiger partial charge in [0.05, 0.1) is 0 Å². The maximum atomic E-state index is 11.0. The van der Waals surface area contributed by atoms with Crippen molar-refractivity contribution in [2.45, 2.75) is 20.3 Å². The molecule has 0 aromatic heterocycles. The summed E-state index contributed by atoms with van der Waals surface area (Å²) < 4.78 is 16.2. The molecule has 0 aliphatic heterocycles. The van der Waals surface area contributed by atoms with Crippen LogP contribution in [0.15, 0.2) is 0 Å². The number of ether oxygens (including phenoxy) is 1. The van der Waals surface area contributed by atoms with E-state index < -0.39 is 10.8 Å². The van der Waals surface area contributed by atoms with Crippen LogP contribution < -0.4 is 5.32 Å². The molecule has 0 heterocycles. The van der Waals surface area contributed by atoms with Gasteiger partial charge in [-0.15, -0.1) is 0 Å². The molecule has 1 N–H and O–H groups in total. The SMILES string of the molecule is CCOCCCNCCS(=O)CC. The molecule has 0 amide bonds. The van der Waals surface area contributed by atoms with Crippen LogP contribution in [-0.4, -0.2) is 42.0 Å². The first kappa shape index (κ1) is 13.1. The van der Waals surface area contributed by atoms with Crippen molar-refractivity contribution in [2.75, 3.05) is 37.8 Å². The molecule has 4 heteroatoms. The number of nitrogens with one attached hydrogen (secondary N) is 1. The summed E-state index contributed by atoms with van der Waals surface area (Å²) in [6.45, 7) is 7.37. The normalized spacial score (nSPS) is 13.1. The number of hydrogen-bond acceptors (Lipinski definition) is 3. The van der Waals surface area contributed by atoms with E-state index in [1.165, 1.54) is 0 Å². The smallest absolute Gasteiger partial charge is 0.0477 e. The lowest BCUT2D eigenvalue weighted by Gasteiger charge is -2.03. The molecular weight excluding hydrogens is 186 g/mol. The summed E-state index contributed by atoms with van der Waals surface area (Å²) in [5.41, 5.74) is 0. The van der Waals surface area contributed by atoms with Gasteiger partial charge >= 0.3 is 0 Å². The Bertz CT molecular complexity index is 131. The van der Waals surface area contributed by atoms with Crippen molar-refractivity contribution in [3.05, 3.63) is 0 Å². The van der Waals surface area contributed by atoms with Gasteiger partial charge in [0.2, 0.25) is 0 Å². The van der Waals surface area contributed by atoms with E-state index in [2.05, 4.69) is 5.32 Å². The molecule has 0 aromatic rings. The fraction of sp³-hybridized carbons (Fsp3) is 1.00. The molecule has 1 unspecified atom stereocenters. The van der Waals surface area contributed by atoms with E-state index in [9.17, 15) is 4.21 Å². The van der Waals surface area contributed by atoms with Crippen LogP contribution in [0.4, 0.5) is 0 Å². The molecule has 80 valence electrons. The lowest BCUT2D eigenvalue weighted by atomic mass is 10.4. The largest absolute Gasteiger partial charge is 0.382 e. The van der Waals surface area contributed by atoms with Gasteiger partial charge in [-0.1, -0.05) is 6.92 Å². The van der Waals surface area contributed by atoms with Crippen LogP contribution in [0.25, 0.3) is 0 Å². The van der Waals surface area contributed by atoms with Crippen LogP contribution in [-0.2, 0) is 15.5 Å². The van der Waals surface area contributed by atoms with Gasteiger partial charge in [-0.2, -0.15) is 0 Å². The maximum Gasteiger partial charge on any atom is 0.0477 e. The standard InChI is InChI=1S/C9H21NO2S/c1-3-12-8-5-6-10-7-9-13(11)4-2/h10H,3-9H2,1-2H3. The molecule has 0 radical (unpaired) electrons. The zero-order chi connectivity index (χ0) is 9.94. The summed E-state index contributed by atoms with van der Waals surface area (Å²) >= 11 is 0. The van der Waals surface area contributed by atoms with Crippen molar-refractivity contribution in [3.8, 4) is 0 Å². The van der Waals surface area contributed by atoms with Gasteiger partial charge in [0.25, 0.3) is 0 Å². The lowest BCUT2D eigenvalue weighted by molar-refractivity contribution is 0.145. The summed E-state index contributed by atoms with van der Waals surface area (Å²) in [6.07, 6.45) is 1.03. The van der Waals surface area contributed by atoms with Crippen molar-refractivity contribution >= 4 is 10.8 Å². The van der Waals surface area contributed by atoms with Gasteiger partial charge < -0.3 is 10.1 Å². The molecule has 0 aliphatic carbocycles. The molecular formula is C9H21NO2S. The third-order valence-electron chi connectivity index (χ3n) is 1.67. The maximum absolute atomic E-state index is 11.0. The van der Waals surface area contributed by atoms with E-state index in [-0.39, 0.29) is 0 Å². The second-order valence-electron chi connectivity index (χ2n) is 2.73. The molecule has 0 rings (SSSR count). The fourth-order valence-corrected chi connectivity index (χ4v) is 1.56. The monoisotopic (exact) mass is 207 g/mol. The molecule has 1 atom stereocenters. The second-order valence-corrected chi connectivity index (χ2v) is 4.60. The Hall–Kier alpha value is 0.0700. The minimum Gasteiger partial charge on any atom is -0.382 e.